The molecule has 0 saturated carbocycles. The highest BCUT2D eigenvalue weighted by Gasteiger charge is 2.18. The summed E-state index contributed by atoms with van der Waals surface area (Å²) in [5.41, 5.74) is 1.56. The van der Waals surface area contributed by atoms with Crippen LogP contribution in [0.3, 0.4) is 0 Å². The van der Waals surface area contributed by atoms with Gasteiger partial charge in [-0.3, -0.25) is 0 Å². The number of fused-ring (bicyclic) bond motifs is 1. The van der Waals surface area contributed by atoms with Gasteiger partial charge in [-0.05, 0) is 12.8 Å². The van der Waals surface area contributed by atoms with Crippen molar-refractivity contribution in [1.29, 1.82) is 0 Å². The highest BCUT2D eigenvalue weighted by molar-refractivity contribution is 7.00. The van der Waals surface area contributed by atoms with Gasteiger partial charge in [-0.15, -0.1) is 0 Å². The number of rotatable bonds is 1. The molecule has 3 heterocycles. The van der Waals surface area contributed by atoms with Crippen molar-refractivity contribution >= 4 is 28.7 Å². The molecular formula is C8H9N5S. The summed E-state index contributed by atoms with van der Waals surface area (Å²) in [6.07, 6.45) is 4.05. The van der Waals surface area contributed by atoms with E-state index >= 15 is 0 Å². The second kappa shape index (κ2) is 3.13. The van der Waals surface area contributed by atoms with Crippen LogP contribution >= 0.6 is 11.7 Å². The van der Waals surface area contributed by atoms with Gasteiger partial charge >= 0.3 is 0 Å². The van der Waals surface area contributed by atoms with Gasteiger partial charge in [0, 0.05) is 13.1 Å². The number of anilines is 1. The Labute approximate surface area is 85.1 Å². The summed E-state index contributed by atoms with van der Waals surface area (Å²) in [4.78, 5) is 10.6. The zero-order chi connectivity index (χ0) is 9.38. The van der Waals surface area contributed by atoms with Crippen LogP contribution < -0.4 is 4.90 Å². The van der Waals surface area contributed by atoms with Gasteiger partial charge in [0.1, 0.15) is 6.33 Å². The molecule has 0 unspecified atom stereocenters. The maximum atomic E-state index is 4.28. The Morgan fingerprint density at radius 2 is 2.00 bits per heavy atom. The van der Waals surface area contributed by atoms with Crippen LogP contribution in [0.1, 0.15) is 12.8 Å². The molecule has 14 heavy (non-hydrogen) atoms. The van der Waals surface area contributed by atoms with Gasteiger partial charge in [0.15, 0.2) is 17.0 Å². The third-order valence-corrected chi connectivity index (χ3v) is 2.97. The van der Waals surface area contributed by atoms with E-state index in [9.17, 15) is 0 Å². The van der Waals surface area contributed by atoms with E-state index in [4.69, 9.17) is 0 Å². The summed E-state index contributed by atoms with van der Waals surface area (Å²) in [6.45, 7) is 2.15. The fourth-order valence-corrected chi connectivity index (χ4v) is 2.27. The van der Waals surface area contributed by atoms with Crippen LogP contribution in [-0.4, -0.2) is 31.8 Å². The lowest BCUT2D eigenvalue weighted by Crippen LogP contribution is -2.19. The van der Waals surface area contributed by atoms with Crippen LogP contribution in [-0.2, 0) is 0 Å². The van der Waals surface area contributed by atoms with Crippen LogP contribution in [0.25, 0.3) is 11.2 Å². The lowest BCUT2D eigenvalue weighted by atomic mass is 10.4. The third-order valence-electron chi connectivity index (χ3n) is 2.45. The monoisotopic (exact) mass is 207 g/mol. The molecule has 1 fully saturated rings. The standard InChI is InChI=1S/C8H9N5S/c1-2-4-13(3-1)8-6-7(9-5-10-8)12-14-11-6/h5H,1-4H2. The van der Waals surface area contributed by atoms with Crippen molar-refractivity contribution in [3.63, 3.8) is 0 Å². The zero-order valence-corrected chi connectivity index (χ0v) is 8.37. The summed E-state index contributed by atoms with van der Waals surface area (Å²) >= 11 is 1.20. The Bertz CT molecular complexity index is 448. The molecule has 5 nitrogen and oxygen atoms in total. The molecule has 0 N–H and O–H groups in total. The molecular weight excluding hydrogens is 198 g/mol. The van der Waals surface area contributed by atoms with Crippen molar-refractivity contribution in [2.24, 2.45) is 0 Å². The first-order valence-electron chi connectivity index (χ1n) is 4.63. The highest BCUT2D eigenvalue weighted by atomic mass is 32.1. The first kappa shape index (κ1) is 8.05. The predicted molar refractivity (Wildman–Crippen MR) is 54.5 cm³/mol. The van der Waals surface area contributed by atoms with Gasteiger partial charge in [-0.25, -0.2) is 9.97 Å². The topological polar surface area (TPSA) is 54.8 Å². The molecule has 6 heteroatoms. The Morgan fingerprint density at radius 3 is 2.86 bits per heavy atom. The number of hydrogen-bond acceptors (Lipinski definition) is 6. The predicted octanol–water partition coefficient (Wildman–Crippen LogP) is 1.08. The summed E-state index contributed by atoms with van der Waals surface area (Å²) in [6, 6.07) is 0. The molecule has 1 aliphatic heterocycles. The van der Waals surface area contributed by atoms with Gasteiger partial charge in [0.25, 0.3) is 0 Å². The summed E-state index contributed by atoms with van der Waals surface area (Å²) in [7, 11) is 0. The minimum absolute atomic E-state index is 0.715. The van der Waals surface area contributed by atoms with E-state index in [1.807, 2.05) is 0 Å². The smallest absolute Gasteiger partial charge is 0.198 e. The Kier molecular flexibility index (Phi) is 1.80. The van der Waals surface area contributed by atoms with Gasteiger partial charge in [0.2, 0.25) is 0 Å². The molecule has 2 aromatic heterocycles. The van der Waals surface area contributed by atoms with E-state index in [0.29, 0.717) is 5.65 Å². The van der Waals surface area contributed by atoms with E-state index in [-0.39, 0.29) is 0 Å². The summed E-state index contributed by atoms with van der Waals surface area (Å²) in [5.74, 6) is 0.946. The minimum atomic E-state index is 0.715. The lowest BCUT2D eigenvalue weighted by molar-refractivity contribution is 0.937. The van der Waals surface area contributed by atoms with Crippen molar-refractivity contribution in [2.45, 2.75) is 12.8 Å². The fourth-order valence-electron chi connectivity index (χ4n) is 1.77. The van der Waals surface area contributed by atoms with E-state index in [0.717, 1.165) is 24.4 Å². The fraction of sp³-hybridized carbons (Fsp3) is 0.500. The molecule has 72 valence electrons. The van der Waals surface area contributed by atoms with Crippen LogP contribution in [0.5, 0.6) is 0 Å². The molecule has 1 aliphatic rings. The molecule has 0 aliphatic carbocycles. The third kappa shape index (κ3) is 1.14. The molecule has 0 aromatic carbocycles. The van der Waals surface area contributed by atoms with Gasteiger partial charge in [-0.1, -0.05) is 0 Å². The van der Waals surface area contributed by atoms with E-state index in [1.54, 1.807) is 6.33 Å². The van der Waals surface area contributed by atoms with E-state index in [2.05, 4.69) is 23.6 Å². The van der Waals surface area contributed by atoms with Crippen molar-refractivity contribution in [2.75, 3.05) is 18.0 Å². The summed E-state index contributed by atoms with van der Waals surface area (Å²) in [5, 5.41) is 0. The van der Waals surface area contributed by atoms with Crippen LogP contribution in [0.2, 0.25) is 0 Å². The number of aromatic nitrogens is 4. The lowest BCUT2D eigenvalue weighted by Gasteiger charge is -2.15. The minimum Gasteiger partial charge on any atom is -0.355 e. The van der Waals surface area contributed by atoms with E-state index < -0.39 is 0 Å². The second-order valence-corrected chi connectivity index (χ2v) is 3.86. The Hall–Kier alpha value is -1.30. The van der Waals surface area contributed by atoms with Crippen LogP contribution in [0, 0.1) is 0 Å². The average Bonchev–Trinajstić information content (AvgIpc) is 2.88. The van der Waals surface area contributed by atoms with E-state index in [1.165, 1.54) is 24.6 Å². The summed E-state index contributed by atoms with van der Waals surface area (Å²) < 4.78 is 8.33. The number of hydrogen-bond donors (Lipinski definition) is 0. The van der Waals surface area contributed by atoms with Gasteiger partial charge in [-0.2, -0.15) is 8.75 Å². The van der Waals surface area contributed by atoms with Gasteiger partial charge in [0.05, 0.1) is 11.7 Å². The zero-order valence-electron chi connectivity index (χ0n) is 7.55. The SMILES string of the molecule is c1nc(N2CCCC2)c2nsnc2n1. The highest BCUT2D eigenvalue weighted by Crippen LogP contribution is 2.23. The molecule has 3 rings (SSSR count). The maximum absolute atomic E-state index is 4.28. The maximum Gasteiger partial charge on any atom is 0.198 e. The second-order valence-electron chi connectivity index (χ2n) is 3.33. The Balaban J connectivity index is 2.14. The van der Waals surface area contributed by atoms with Crippen LogP contribution in [0.15, 0.2) is 6.33 Å². The largest absolute Gasteiger partial charge is 0.355 e. The first-order chi connectivity index (χ1) is 6.95. The molecule has 0 radical (unpaired) electrons. The molecule has 0 amide bonds. The molecule has 2 aromatic rings. The van der Waals surface area contributed by atoms with Crippen molar-refractivity contribution in [3.8, 4) is 0 Å². The molecule has 0 atom stereocenters. The number of nitrogens with zero attached hydrogens (tertiary/aromatic N) is 5. The Morgan fingerprint density at radius 1 is 1.14 bits per heavy atom. The quantitative estimate of drug-likeness (QED) is 0.700. The normalized spacial score (nSPS) is 16.7. The molecule has 0 spiro atoms. The van der Waals surface area contributed by atoms with Crippen LogP contribution in [0.4, 0.5) is 5.82 Å². The van der Waals surface area contributed by atoms with Crippen molar-refractivity contribution in [3.05, 3.63) is 6.33 Å². The first-order valence-corrected chi connectivity index (χ1v) is 5.36. The average molecular weight is 207 g/mol. The molecule has 0 bridgehead atoms. The molecule has 1 saturated heterocycles. The van der Waals surface area contributed by atoms with Crippen molar-refractivity contribution < 1.29 is 0 Å². The van der Waals surface area contributed by atoms with Gasteiger partial charge < -0.3 is 4.90 Å². The van der Waals surface area contributed by atoms with Crippen molar-refractivity contribution in [1.82, 2.24) is 18.7 Å².